The fraction of sp³-hybridized carbons (Fsp3) is 0.474. The lowest BCUT2D eigenvalue weighted by Crippen LogP contribution is -2.35. The Labute approximate surface area is 146 Å². The molecule has 1 aliphatic heterocycles. The average Bonchev–Trinajstić information content (AvgIpc) is 2.81. The zero-order valence-electron chi connectivity index (χ0n) is 14.3. The number of amides is 2. The molecule has 0 atom stereocenters. The summed E-state index contributed by atoms with van der Waals surface area (Å²) in [6, 6.07) is 4.47. The van der Waals surface area contributed by atoms with Crippen LogP contribution in [0.1, 0.15) is 37.7 Å². The summed E-state index contributed by atoms with van der Waals surface area (Å²) in [5, 5.41) is 3.65. The van der Waals surface area contributed by atoms with E-state index < -0.39 is 0 Å². The highest BCUT2D eigenvalue weighted by Crippen LogP contribution is 2.19. The lowest BCUT2D eigenvalue weighted by molar-refractivity contribution is -0.131. The molecule has 1 aromatic carbocycles. The van der Waals surface area contributed by atoms with Crippen LogP contribution in [0.5, 0.6) is 0 Å². The van der Waals surface area contributed by atoms with E-state index >= 15 is 0 Å². The van der Waals surface area contributed by atoms with Gasteiger partial charge in [-0.1, -0.05) is 12.8 Å². The number of benzene rings is 1. The number of likely N-dealkylation sites (tertiary alicyclic amines) is 1. The zero-order chi connectivity index (χ0) is 17.6. The molecule has 1 fully saturated rings. The van der Waals surface area contributed by atoms with Crippen molar-refractivity contribution in [2.45, 2.75) is 38.5 Å². The molecular formula is C19H24FN3O2. The third-order valence-corrected chi connectivity index (χ3v) is 4.70. The van der Waals surface area contributed by atoms with Gasteiger partial charge in [0.05, 0.1) is 6.42 Å². The van der Waals surface area contributed by atoms with Crippen LogP contribution in [0.25, 0.3) is 10.9 Å². The summed E-state index contributed by atoms with van der Waals surface area (Å²) in [4.78, 5) is 29.2. The van der Waals surface area contributed by atoms with Crippen LogP contribution in [0, 0.1) is 5.82 Å². The maximum Gasteiger partial charge on any atom is 0.224 e. The maximum atomic E-state index is 13.2. The number of rotatable bonds is 5. The van der Waals surface area contributed by atoms with E-state index in [4.69, 9.17) is 0 Å². The Kier molecular flexibility index (Phi) is 5.68. The molecule has 3 rings (SSSR count). The van der Waals surface area contributed by atoms with Crippen molar-refractivity contribution in [2.24, 2.45) is 0 Å². The number of halogens is 1. The van der Waals surface area contributed by atoms with E-state index in [2.05, 4.69) is 10.3 Å². The van der Waals surface area contributed by atoms with Crippen LogP contribution >= 0.6 is 0 Å². The van der Waals surface area contributed by atoms with Gasteiger partial charge in [-0.05, 0) is 36.6 Å². The van der Waals surface area contributed by atoms with E-state index in [1.165, 1.54) is 25.0 Å². The second kappa shape index (κ2) is 8.14. The first-order valence-corrected chi connectivity index (χ1v) is 8.93. The topological polar surface area (TPSA) is 65.2 Å². The number of nitrogens with zero attached hydrogens (tertiary/aromatic N) is 1. The number of nitrogens with one attached hydrogen (secondary N) is 2. The maximum absolute atomic E-state index is 13.2. The second-order valence-corrected chi connectivity index (χ2v) is 6.58. The Balaban J connectivity index is 1.46. The van der Waals surface area contributed by atoms with Crippen molar-refractivity contribution in [3.05, 3.63) is 35.8 Å². The van der Waals surface area contributed by atoms with E-state index in [-0.39, 0.29) is 24.1 Å². The first-order valence-electron chi connectivity index (χ1n) is 8.93. The van der Waals surface area contributed by atoms with Gasteiger partial charge in [-0.2, -0.15) is 0 Å². The van der Waals surface area contributed by atoms with Crippen LogP contribution in [-0.2, 0) is 16.0 Å². The Morgan fingerprint density at radius 3 is 2.68 bits per heavy atom. The molecule has 5 nitrogen and oxygen atoms in total. The number of carbonyl (C=O) groups is 2. The molecule has 1 aromatic heterocycles. The largest absolute Gasteiger partial charge is 0.361 e. The minimum absolute atomic E-state index is 0.116. The van der Waals surface area contributed by atoms with Gasteiger partial charge in [-0.25, -0.2) is 4.39 Å². The van der Waals surface area contributed by atoms with Crippen LogP contribution in [-0.4, -0.2) is 41.3 Å². The number of hydrogen-bond donors (Lipinski definition) is 2. The third kappa shape index (κ3) is 4.59. The first kappa shape index (κ1) is 17.5. The van der Waals surface area contributed by atoms with Gasteiger partial charge in [-0.15, -0.1) is 0 Å². The van der Waals surface area contributed by atoms with Crippen LogP contribution in [0.15, 0.2) is 24.4 Å². The predicted octanol–water partition coefficient (Wildman–Crippen LogP) is 2.76. The molecule has 0 aliphatic carbocycles. The number of aromatic amines is 1. The molecule has 0 unspecified atom stereocenters. The van der Waals surface area contributed by atoms with Gasteiger partial charge in [0.1, 0.15) is 5.82 Å². The monoisotopic (exact) mass is 345 g/mol. The van der Waals surface area contributed by atoms with E-state index in [1.54, 1.807) is 12.3 Å². The SMILES string of the molecule is O=C(Cc1c[nH]c2cc(F)ccc12)NCCC(=O)N1CCCCCC1. The molecule has 6 heteroatoms. The summed E-state index contributed by atoms with van der Waals surface area (Å²) in [6.45, 7) is 2.02. The zero-order valence-corrected chi connectivity index (χ0v) is 14.3. The van der Waals surface area contributed by atoms with Crippen LogP contribution in [0.3, 0.4) is 0 Å². The van der Waals surface area contributed by atoms with Crippen molar-refractivity contribution < 1.29 is 14.0 Å². The molecule has 0 saturated carbocycles. The lowest BCUT2D eigenvalue weighted by atomic mass is 10.1. The second-order valence-electron chi connectivity index (χ2n) is 6.58. The van der Waals surface area contributed by atoms with Gasteiger partial charge in [-0.3, -0.25) is 9.59 Å². The lowest BCUT2D eigenvalue weighted by Gasteiger charge is -2.20. The van der Waals surface area contributed by atoms with E-state index in [0.29, 0.717) is 18.5 Å². The van der Waals surface area contributed by atoms with Gasteiger partial charge < -0.3 is 15.2 Å². The fourth-order valence-electron chi connectivity index (χ4n) is 3.33. The predicted molar refractivity (Wildman–Crippen MR) is 94.6 cm³/mol. The van der Waals surface area contributed by atoms with Crippen LogP contribution < -0.4 is 5.32 Å². The molecule has 0 radical (unpaired) electrons. The summed E-state index contributed by atoms with van der Waals surface area (Å²) >= 11 is 0. The average molecular weight is 345 g/mol. The molecule has 1 aliphatic rings. The fourth-order valence-corrected chi connectivity index (χ4v) is 3.33. The highest BCUT2D eigenvalue weighted by atomic mass is 19.1. The molecule has 0 spiro atoms. The van der Waals surface area contributed by atoms with E-state index in [0.717, 1.165) is 36.9 Å². The van der Waals surface area contributed by atoms with Crippen molar-refractivity contribution in [3.63, 3.8) is 0 Å². The minimum atomic E-state index is -0.308. The smallest absolute Gasteiger partial charge is 0.224 e. The van der Waals surface area contributed by atoms with E-state index in [1.807, 2.05) is 4.90 Å². The highest BCUT2D eigenvalue weighted by Gasteiger charge is 2.15. The number of aromatic nitrogens is 1. The highest BCUT2D eigenvalue weighted by molar-refractivity contribution is 5.89. The van der Waals surface area contributed by atoms with Crippen LogP contribution in [0.2, 0.25) is 0 Å². The Morgan fingerprint density at radius 1 is 1.16 bits per heavy atom. The summed E-state index contributed by atoms with van der Waals surface area (Å²) in [6.07, 6.45) is 6.79. The molecular weight excluding hydrogens is 321 g/mol. The molecule has 1 saturated heterocycles. The molecule has 0 bridgehead atoms. The summed E-state index contributed by atoms with van der Waals surface area (Å²) in [5.41, 5.74) is 1.51. The summed E-state index contributed by atoms with van der Waals surface area (Å²) in [7, 11) is 0. The van der Waals surface area contributed by atoms with Crippen molar-refractivity contribution in [2.75, 3.05) is 19.6 Å². The van der Waals surface area contributed by atoms with Crippen LogP contribution in [0.4, 0.5) is 4.39 Å². The van der Waals surface area contributed by atoms with Crippen molar-refractivity contribution in [1.29, 1.82) is 0 Å². The van der Waals surface area contributed by atoms with Gasteiger partial charge in [0.15, 0.2) is 0 Å². The Hall–Kier alpha value is -2.37. The number of hydrogen-bond acceptors (Lipinski definition) is 2. The normalized spacial score (nSPS) is 15.2. The first-order chi connectivity index (χ1) is 12.1. The molecule has 2 N–H and O–H groups in total. The van der Waals surface area contributed by atoms with Gasteiger partial charge in [0, 0.05) is 43.2 Å². The molecule has 2 aromatic rings. The quantitative estimate of drug-likeness (QED) is 0.875. The minimum Gasteiger partial charge on any atom is -0.361 e. The third-order valence-electron chi connectivity index (χ3n) is 4.70. The molecule has 2 amide bonds. The van der Waals surface area contributed by atoms with Gasteiger partial charge >= 0.3 is 0 Å². The van der Waals surface area contributed by atoms with Crippen molar-refractivity contribution >= 4 is 22.7 Å². The Morgan fingerprint density at radius 2 is 1.92 bits per heavy atom. The molecule has 134 valence electrons. The van der Waals surface area contributed by atoms with E-state index in [9.17, 15) is 14.0 Å². The summed E-state index contributed by atoms with van der Waals surface area (Å²) < 4.78 is 13.2. The molecule has 25 heavy (non-hydrogen) atoms. The van der Waals surface area contributed by atoms with Gasteiger partial charge in [0.2, 0.25) is 11.8 Å². The number of H-pyrrole nitrogens is 1. The van der Waals surface area contributed by atoms with Crippen molar-refractivity contribution in [3.8, 4) is 0 Å². The standard InChI is InChI=1S/C19H24FN3O2/c20-15-5-6-16-14(13-22-17(16)12-15)11-18(24)21-8-7-19(25)23-9-3-1-2-4-10-23/h5-6,12-13,22H,1-4,7-11H2,(H,21,24). The number of carbonyl (C=O) groups excluding carboxylic acids is 2. The van der Waals surface area contributed by atoms with Gasteiger partial charge in [0.25, 0.3) is 0 Å². The summed E-state index contributed by atoms with van der Waals surface area (Å²) in [5.74, 6) is -0.323. The Bertz CT molecular complexity index is 748. The molecule has 2 heterocycles. The van der Waals surface area contributed by atoms with Crippen molar-refractivity contribution in [1.82, 2.24) is 15.2 Å². The number of fused-ring (bicyclic) bond motifs is 1.